The molecule has 0 bridgehead atoms. The summed E-state index contributed by atoms with van der Waals surface area (Å²) in [5.74, 6) is -1.65. The lowest BCUT2D eigenvalue weighted by Gasteiger charge is -2.46. The zero-order valence-electron chi connectivity index (χ0n) is 25.8. The molecule has 3 N–H and O–H groups in total. The van der Waals surface area contributed by atoms with Crippen LogP contribution in [0.3, 0.4) is 0 Å². The molecule has 1 fully saturated rings. The number of rotatable bonds is 13. The number of carboxylic acids is 1. The number of ether oxygens (including phenoxy) is 4. The fraction of sp³-hybridized carbons (Fsp3) is 0.297. The van der Waals surface area contributed by atoms with Crippen LogP contribution in [0.1, 0.15) is 36.1 Å². The molecular weight excluding hydrogens is 586 g/mol. The number of hydrogen-bond donors (Lipinski definition) is 3. The van der Waals surface area contributed by atoms with Crippen LogP contribution < -0.4 is 5.32 Å². The van der Waals surface area contributed by atoms with E-state index in [0.717, 1.165) is 22.3 Å². The Morgan fingerprint density at radius 2 is 1.28 bits per heavy atom. The molecule has 5 rings (SSSR count). The van der Waals surface area contributed by atoms with Crippen LogP contribution >= 0.6 is 0 Å². The molecule has 9 nitrogen and oxygen atoms in total. The van der Waals surface area contributed by atoms with E-state index < -0.39 is 54.2 Å². The lowest BCUT2D eigenvalue weighted by molar-refractivity contribution is -0.283. The van der Waals surface area contributed by atoms with Crippen molar-refractivity contribution >= 4 is 11.9 Å². The molecule has 1 heterocycles. The maximum Gasteiger partial charge on any atom is 0.332 e. The molecule has 4 aromatic carbocycles. The number of aliphatic hydroxyl groups excluding tert-OH is 1. The molecule has 46 heavy (non-hydrogen) atoms. The second-order valence-corrected chi connectivity index (χ2v) is 11.2. The van der Waals surface area contributed by atoms with Gasteiger partial charge in [-0.15, -0.1) is 0 Å². The summed E-state index contributed by atoms with van der Waals surface area (Å²) in [6, 6.07) is 37.8. The average Bonchev–Trinajstić information content (AvgIpc) is 3.08. The second-order valence-electron chi connectivity index (χ2n) is 11.2. The van der Waals surface area contributed by atoms with Gasteiger partial charge in [-0.2, -0.15) is 0 Å². The third kappa shape index (κ3) is 7.52. The first-order valence-electron chi connectivity index (χ1n) is 15.2. The van der Waals surface area contributed by atoms with Crippen molar-refractivity contribution < 1.29 is 38.7 Å². The maximum atomic E-state index is 12.2. The van der Waals surface area contributed by atoms with Gasteiger partial charge in [0.25, 0.3) is 0 Å². The molecule has 0 spiro atoms. The number of aliphatic carboxylic acids is 1. The Kier molecular flexibility index (Phi) is 11.0. The maximum absolute atomic E-state index is 12.2. The van der Waals surface area contributed by atoms with Crippen molar-refractivity contribution in [3.8, 4) is 0 Å². The summed E-state index contributed by atoms with van der Waals surface area (Å²) in [7, 11) is 0. The Labute approximate surface area is 268 Å². The molecule has 1 aliphatic heterocycles. The minimum Gasteiger partial charge on any atom is -0.479 e. The molecule has 0 aromatic heterocycles. The fourth-order valence-corrected chi connectivity index (χ4v) is 5.84. The minimum absolute atomic E-state index is 0.0939. The predicted molar refractivity (Wildman–Crippen MR) is 171 cm³/mol. The van der Waals surface area contributed by atoms with Crippen LogP contribution in [0, 0.1) is 0 Å². The van der Waals surface area contributed by atoms with Gasteiger partial charge in [-0.1, -0.05) is 121 Å². The summed E-state index contributed by atoms with van der Waals surface area (Å²) >= 11 is 0. The normalized spacial score (nSPS) is 22.1. The highest BCUT2D eigenvalue weighted by molar-refractivity contribution is 5.73. The van der Waals surface area contributed by atoms with E-state index in [1.807, 2.05) is 121 Å². The molecule has 0 aliphatic carbocycles. The van der Waals surface area contributed by atoms with Crippen molar-refractivity contribution in [3.05, 3.63) is 144 Å². The van der Waals surface area contributed by atoms with Gasteiger partial charge < -0.3 is 34.5 Å². The largest absolute Gasteiger partial charge is 0.479 e. The summed E-state index contributed by atoms with van der Waals surface area (Å²) < 4.78 is 25.6. The topological polar surface area (TPSA) is 124 Å². The van der Waals surface area contributed by atoms with E-state index in [2.05, 4.69) is 5.32 Å². The molecule has 1 saturated heterocycles. The number of benzene rings is 4. The standard InChI is InChI=1S/C37H39NO8/c1-25(35(40)41)45-34-32(38-26(2)39)36(42)46-31(33(34)43-23-27-15-7-3-8-16-27)24-44-37(28-17-9-4-10-18-28,29-19-11-5-12-20-29)30-21-13-6-14-22-30/h3-22,25,31-34,36,42H,23-24H2,1-2H3,(H,38,39)(H,40,41)/t25?,31-,32-,33-,34-,36-/m1/s1. The molecule has 1 aliphatic rings. The summed E-state index contributed by atoms with van der Waals surface area (Å²) in [6.07, 6.45) is -5.81. The van der Waals surface area contributed by atoms with Gasteiger partial charge >= 0.3 is 5.97 Å². The first-order valence-corrected chi connectivity index (χ1v) is 15.2. The highest BCUT2D eigenvalue weighted by Crippen LogP contribution is 2.41. The molecule has 240 valence electrons. The Morgan fingerprint density at radius 1 is 0.804 bits per heavy atom. The third-order valence-electron chi connectivity index (χ3n) is 8.03. The number of amides is 1. The molecule has 0 radical (unpaired) electrons. The lowest BCUT2D eigenvalue weighted by Crippen LogP contribution is -2.66. The summed E-state index contributed by atoms with van der Waals surface area (Å²) in [5, 5.41) is 23.6. The molecular formula is C37H39NO8. The Bertz CT molecular complexity index is 1440. The van der Waals surface area contributed by atoms with Gasteiger partial charge in [-0.25, -0.2) is 4.79 Å². The zero-order valence-corrected chi connectivity index (χ0v) is 25.8. The van der Waals surface area contributed by atoms with Gasteiger partial charge in [0.1, 0.15) is 30.0 Å². The Balaban J connectivity index is 1.57. The van der Waals surface area contributed by atoms with Crippen LogP contribution in [0.2, 0.25) is 0 Å². The van der Waals surface area contributed by atoms with Crippen molar-refractivity contribution in [2.24, 2.45) is 0 Å². The molecule has 4 aromatic rings. The van der Waals surface area contributed by atoms with Crippen molar-refractivity contribution in [2.75, 3.05) is 6.61 Å². The smallest absolute Gasteiger partial charge is 0.332 e. The van der Waals surface area contributed by atoms with Gasteiger partial charge in [0.2, 0.25) is 5.91 Å². The predicted octanol–water partition coefficient (Wildman–Crippen LogP) is 4.66. The molecule has 9 heteroatoms. The van der Waals surface area contributed by atoms with Crippen LogP contribution in [0.15, 0.2) is 121 Å². The molecule has 6 atom stereocenters. The minimum atomic E-state index is -1.54. The second kappa shape index (κ2) is 15.3. The number of carbonyl (C=O) groups is 2. The monoisotopic (exact) mass is 625 g/mol. The van der Waals surface area contributed by atoms with Crippen molar-refractivity contribution in [2.45, 2.75) is 62.8 Å². The highest BCUT2D eigenvalue weighted by atomic mass is 16.7. The zero-order chi connectivity index (χ0) is 32.5. The number of carbonyl (C=O) groups excluding carboxylic acids is 1. The SMILES string of the molecule is CC(=O)N[C@@H]1[C@@H](OC(C)C(=O)O)[C@H](OCc2ccccc2)[C@@H](COC(c2ccccc2)(c2ccccc2)c2ccccc2)O[C@H]1O. The van der Waals surface area contributed by atoms with Crippen LogP contribution in [-0.4, -0.2) is 65.4 Å². The third-order valence-corrected chi connectivity index (χ3v) is 8.03. The van der Waals surface area contributed by atoms with E-state index in [0.29, 0.717) is 0 Å². The molecule has 1 amide bonds. The van der Waals surface area contributed by atoms with Gasteiger partial charge in [-0.05, 0) is 29.2 Å². The van der Waals surface area contributed by atoms with Crippen molar-refractivity contribution in [1.29, 1.82) is 0 Å². The van der Waals surface area contributed by atoms with Crippen LogP contribution in [-0.2, 0) is 40.7 Å². The Morgan fingerprint density at radius 3 is 1.74 bits per heavy atom. The van der Waals surface area contributed by atoms with Gasteiger partial charge in [0.05, 0.1) is 13.2 Å². The van der Waals surface area contributed by atoms with Gasteiger partial charge in [0.15, 0.2) is 12.4 Å². The summed E-state index contributed by atoms with van der Waals surface area (Å²) in [4.78, 5) is 24.1. The highest BCUT2D eigenvalue weighted by Gasteiger charge is 2.50. The van der Waals surface area contributed by atoms with Crippen molar-refractivity contribution in [1.82, 2.24) is 5.32 Å². The van der Waals surface area contributed by atoms with Crippen molar-refractivity contribution in [3.63, 3.8) is 0 Å². The first-order chi connectivity index (χ1) is 22.3. The number of nitrogens with one attached hydrogen (secondary N) is 1. The average molecular weight is 626 g/mol. The molecule has 0 saturated carbocycles. The van der Waals surface area contributed by atoms with E-state index >= 15 is 0 Å². The van der Waals surface area contributed by atoms with E-state index in [-0.39, 0.29) is 13.2 Å². The van der Waals surface area contributed by atoms with Crippen LogP contribution in [0.4, 0.5) is 0 Å². The number of carboxylic acid groups (broad SMARTS) is 1. The summed E-state index contributed by atoms with van der Waals surface area (Å²) in [6.45, 7) is 2.73. The number of aliphatic hydroxyl groups is 1. The molecule has 1 unspecified atom stereocenters. The Hall–Kier alpha value is -4.38. The lowest BCUT2D eigenvalue weighted by atomic mass is 9.80. The van der Waals surface area contributed by atoms with E-state index in [1.165, 1.54) is 13.8 Å². The van der Waals surface area contributed by atoms with E-state index in [4.69, 9.17) is 18.9 Å². The van der Waals surface area contributed by atoms with Gasteiger partial charge in [0, 0.05) is 6.92 Å². The van der Waals surface area contributed by atoms with Crippen LogP contribution in [0.25, 0.3) is 0 Å². The first kappa shape index (κ1) is 33.0. The van der Waals surface area contributed by atoms with Gasteiger partial charge in [-0.3, -0.25) is 4.79 Å². The van der Waals surface area contributed by atoms with E-state index in [1.54, 1.807) is 0 Å². The number of hydrogen-bond acceptors (Lipinski definition) is 7. The van der Waals surface area contributed by atoms with E-state index in [9.17, 15) is 19.8 Å². The van der Waals surface area contributed by atoms with Crippen LogP contribution in [0.5, 0.6) is 0 Å². The fourth-order valence-electron chi connectivity index (χ4n) is 5.84. The summed E-state index contributed by atoms with van der Waals surface area (Å²) in [5.41, 5.74) is 2.37. The quantitative estimate of drug-likeness (QED) is 0.183.